The Morgan fingerprint density at radius 1 is 1.14 bits per heavy atom. The molecule has 6 nitrogen and oxygen atoms in total. The Kier molecular flexibility index (Phi) is 6.11. The minimum Gasteiger partial charge on any atom is -0.490 e. The monoisotopic (exact) mass is 381 g/mol. The quantitative estimate of drug-likeness (QED) is 0.658. The van der Waals surface area contributed by atoms with E-state index in [1.54, 1.807) is 6.07 Å². The van der Waals surface area contributed by atoms with Gasteiger partial charge in [0.25, 0.3) is 5.56 Å². The van der Waals surface area contributed by atoms with Crippen LogP contribution >= 0.6 is 0 Å². The van der Waals surface area contributed by atoms with Crippen LogP contribution in [-0.2, 0) is 6.54 Å². The Bertz CT molecular complexity index is 1030. The first-order valence-corrected chi connectivity index (χ1v) is 9.39. The molecule has 0 amide bonds. The topological polar surface area (TPSA) is 78.5 Å². The van der Waals surface area contributed by atoms with Gasteiger partial charge in [0.2, 0.25) is 0 Å². The number of aromatic nitrogens is 2. The van der Waals surface area contributed by atoms with Crippen molar-refractivity contribution >= 4 is 10.9 Å². The number of nitrogens with zero attached hydrogens (tertiary/aromatic N) is 2. The molecule has 3 aromatic rings. The lowest BCUT2D eigenvalue weighted by Gasteiger charge is -2.21. The van der Waals surface area contributed by atoms with Gasteiger partial charge in [0.1, 0.15) is 24.3 Å². The van der Waals surface area contributed by atoms with Crippen molar-refractivity contribution in [1.29, 1.82) is 0 Å². The molecule has 0 aliphatic rings. The first-order chi connectivity index (χ1) is 13.3. The summed E-state index contributed by atoms with van der Waals surface area (Å²) in [5.74, 6) is 1.41. The zero-order chi connectivity index (χ0) is 20.3. The molecule has 0 bridgehead atoms. The number of hydrogen-bond acceptors (Lipinski definition) is 5. The molecule has 148 valence electrons. The molecule has 3 rings (SSSR count). The van der Waals surface area contributed by atoms with Gasteiger partial charge in [-0.2, -0.15) is 0 Å². The Morgan fingerprint density at radius 3 is 2.64 bits per heavy atom. The number of hydrogen-bond donors (Lipinski definition) is 2. The number of aliphatic hydroxyl groups excluding tert-OH is 1. The average Bonchev–Trinajstić information content (AvgIpc) is 2.65. The van der Waals surface area contributed by atoms with E-state index >= 15 is 0 Å². The lowest BCUT2D eigenvalue weighted by molar-refractivity contribution is 0.0732. The highest BCUT2D eigenvalue weighted by Gasteiger charge is 2.13. The molecule has 0 aliphatic carbocycles. The van der Waals surface area contributed by atoms with Crippen LogP contribution in [0.5, 0.6) is 5.75 Å². The van der Waals surface area contributed by atoms with Gasteiger partial charge in [-0.15, -0.1) is 0 Å². The molecule has 0 radical (unpaired) electrons. The second-order valence-electron chi connectivity index (χ2n) is 7.34. The number of aryl methyl sites for hydroxylation is 2. The smallest absolute Gasteiger partial charge is 0.258 e. The van der Waals surface area contributed by atoms with Crippen molar-refractivity contribution in [3.8, 4) is 5.75 Å². The zero-order valence-corrected chi connectivity index (χ0v) is 16.8. The van der Waals surface area contributed by atoms with Crippen molar-refractivity contribution in [3.05, 3.63) is 69.3 Å². The van der Waals surface area contributed by atoms with Gasteiger partial charge in [-0.1, -0.05) is 24.3 Å². The largest absolute Gasteiger partial charge is 0.490 e. The number of fused-ring (bicyclic) bond motifs is 1. The third-order valence-corrected chi connectivity index (χ3v) is 4.90. The number of likely N-dealkylation sites (N-methyl/N-ethyl adjacent to an activating group) is 1. The molecule has 0 aliphatic heterocycles. The van der Waals surface area contributed by atoms with Gasteiger partial charge in [0.05, 0.1) is 17.4 Å². The third-order valence-electron chi connectivity index (χ3n) is 4.90. The van der Waals surface area contributed by atoms with E-state index in [1.807, 2.05) is 57.0 Å². The summed E-state index contributed by atoms with van der Waals surface area (Å²) in [6.07, 6.45) is -0.656. The number of para-hydroxylation sites is 1. The van der Waals surface area contributed by atoms with E-state index in [1.165, 1.54) is 5.56 Å². The highest BCUT2D eigenvalue weighted by Crippen LogP contribution is 2.25. The number of nitrogens with one attached hydrogen (secondary N) is 1. The maximum Gasteiger partial charge on any atom is 0.258 e. The van der Waals surface area contributed by atoms with Gasteiger partial charge < -0.3 is 14.8 Å². The highest BCUT2D eigenvalue weighted by molar-refractivity contribution is 5.77. The van der Waals surface area contributed by atoms with Crippen molar-refractivity contribution in [2.45, 2.75) is 33.4 Å². The van der Waals surface area contributed by atoms with Gasteiger partial charge in [-0.05, 0) is 56.6 Å². The molecular formula is C22H27N3O3. The van der Waals surface area contributed by atoms with Crippen LogP contribution in [-0.4, -0.2) is 46.3 Å². The van der Waals surface area contributed by atoms with Crippen LogP contribution in [0.25, 0.3) is 10.9 Å². The van der Waals surface area contributed by atoms with Crippen molar-refractivity contribution in [1.82, 2.24) is 14.9 Å². The fraction of sp³-hybridized carbons (Fsp3) is 0.364. The highest BCUT2D eigenvalue weighted by atomic mass is 16.5. The number of ether oxygens (including phenoxy) is 1. The predicted molar refractivity (Wildman–Crippen MR) is 111 cm³/mol. The SMILES string of the molecule is Cc1ccc(C)c(OC[C@H](O)CN(C)Cc2nc3ccccc3c(=O)[nH]2)c1C. The number of benzene rings is 2. The molecule has 2 N–H and O–H groups in total. The number of H-pyrrole nitrogens is 1. The van der Waals surface area contributed by atoms with E-state index in [0.717, 1.165) is 16.9 Å². The minimum absolute atomic E-state index is 0.150. The molecule has 1 aromatic heterocycles. The molecule has 0 unspecified atom stereocenters. The second kappa shape index (κ2) is 8.54. The molecule has 6 heteroatoms. The maximum atomic E-state index is 12.2. The van der Waals surface area contributed by atoms with Crippen LogP contribution in [0.3, 0.4) is 0 Å². The van der Waals surface area contributed by atoms with E-state index in [-0.39, 0.29) is 12.2 Å². The third kappa shape index (κ3) is 4.58. The molecule has 1 atom stereocenters. The van der Waals surface area contributed by atoms with Gasteiger partial charge in [0.15, 0.2) is 0 Å². The summed E-state index contributed by atoms with van der Waals surface area (Å²) in [6.45, 7) is 7.11. The number of aromatic amines is 1. The van der Waals surface area contributed by atoms with Crippen LogP contribution < -0.4 is 10.3 Å². The fourth-order valence-corrected chi connectivity index (χ4v) is 3.27. The minimum atomic E-state index is -0.656. The van der Waals surface area contributed by atoms with Crippen LogP contribution in [0.1, 0.15) is 22.5 Å². The molecule has 1 heterocycles. The Balaban J connectivity index is 1.60. The first kappa shape index (κ1) is 20.0. The predicted octanol–water partition coefficient (Wildman–Crippen LogP) is 2.72. The fourth-order valence-electron chi connectivity index (χ4n) is 3.27. The van der Waals surface area contributed by atoms with Gasteiger partial charge in [-0.25, -0.2) is 4.98 Å². The van der Waals surface area contributed by atoms with Gasteiger partial charge in [-0.3, -0.25) is 9.69 Å². The van der Waals surface area contributed by atoms with Gasteiger partial charge in [0, 0.05) is 6.54 Å². The molecule has 0 fully saturated rings. The summed E-state index contributed by atoms with van der Waals surface area (Å²) in [5.41, 5.74) is 3.84. The van der Waals surface area contributed by atoms with E-state index in [0.29, 0.717) is 29.8 Å². The van der Waals surface area contributed by atoms with E-state index in [9.17, 15) is 9.90 Å². The van der Waals surface area contributed by atoms with Crippen molar-refractivity contribution in [3.63, 3.8) is 0 Å². The van der Waals surface area contributed by atoms with Crippen molar-refractivity contribution in [2.24, 2.45) is 0 Å². The summed E-state index contributed by atoms with van der Waals surface area (Å²) in [5, 5.41) is 11.0. The molecule has 28 heavy (non-hydrogen) atoms. The first-order valence-electron chi connectivity index (χ1n) is 9.39. The number of rotatable bonds is 7. The Hall–Kier alpha value is -2.70. The lowest BCUT2D eigenvalue weighted by Crippen LogP contribution is -2.33. The van der Waals surface area contributed by atoms with Crippen LogP contribution in [0.4, 0.5) is 0 Å². The second-order valence-corrected chi connectivity index (χ2v) is 7.34. The van der Waals surface area contributed by atoms with Crippen LogP contribution in [0, 0.1) is 20.8 Å². The average molecular weight is 381 g/mol. The molecule has 0 spiro atoms. The standard InChI is InChI=1S/C22H27N3O3/c1-14-9-10-15(2)21(16(14)3)28-13-17(26)11-25(4)12-20-23-19-8-6-5-7-18(19)22(27)24-20/h5-10,17,26H,11-13H2,1-4H3,(H,23,24,27)/t17-/m1/s1. The van der Waals surface area contributed by atoms with Crippen LogP contribution in [0.15, 0.2) is 41.2 Å². The van der Waals surface area contributed by atoms with E-state index in [4.69, 9.17) is 4.74 Å². The van der Waals surface area contributed by atoms with Crippen LogP contribution in [0.2, 0.25) is 0 Å². The normalized spacial score (nSPS) is 12.5. The van der Waals surface area contributed by atoms with E-state index in [2.05, 4.69) is 16.0 Å². The summed E-state index contributed by atoms with van der Waals surface area (Å²) < 4.78 is 5.89. The zero-order valence-electron chi connectivity index (χ0n) is 16.8. The molecular weight excluding hydrogens is 354 g/mol. The molecule has 0 saturated heterocycles. The summed E-state index contributed by atoms with van der Waals surface area (Å²) in [7, 11) is 1.88. The van der Waals surface area contributed by atoms with E-state index < -0.39 is 6.10 Å². The summed E-state index contributed by atoms with van der Waals surface area (Å²) in [6, 6.07) is 11.4. The number of aliphatic hydroxyl groups is 1. The summed E-state index contributed by atoms with van der Waals surface area (Å²) >= 11 is 0. The van der Waals surface area contributed by atoms with Crippen molar-refractivity contribution in [2.75, 3.05) is 20.2 Å². The summed E-state index contributed by atoms with van der Waals surface area (Å²) in [4.78, 5) is 21.4. The lowest BCUT2D eigenvalue weighted by atomic mass is 10.1. The maximum absolute atomic E-state index is 12.2. The Labute approximate surface area is 164 Å². The van der Waals surface area contributed by atoms with Crippen molar-refractivity contribution < 1.29 is 9.84 Å². The Morgan fingerprint density at radius 2 is 1.86 bits per heavy atom. The van der Waals surface area contributed by atoms with Gasteiger partial charge >= 0.3 is 0 Å². The molecule has 2 aromatic carbocycles. The molecule has 0 saturated carbocycles.